The van der Waals surface area contributed by atoms with E-state index in [9.17, 15) is 9.90 Å². The van der Waals surface area contributed by atoms with E-state index in [2.05, 4.69) is 15.3 Å². The molecule has 0 fully saturated rings. The third kappa shape index (κ3) is 2.61. The van der Waals surface area contributed by atoms with Crippen LogP contribution in [0.5, 0.6) is 5.88 Å². The molecule has 0 aromatic carbocycles. The van der Waals surface area contributed by atoms with Crippen LogP contribution in [0.4, 0.5) is 0 Å². The first-order valence-corrected chi connectivity index (χ1v) is 5.77. The molecule has 3 aromatic heterocycles. The van der Waals surface area contributed by atoms with Gasteiger partial charge in [-0.1, -0.05) is 11.3 Å². The van der Waals surface area contributed by atoms with E-state index in [-0.39, 0.29) is 30.3 Å². The summed E-state index contributed by atoms with van der Waals surface area (Å²) in [5.41, 5.74) is 1.93. The van der Waals surface area contributed by atoms with E-state index in [0.717, 1.165) is 5.52 Å². The maximum absolute atomic E-state index is 10.9. The van der Waals surface area contributed by atoms with Gasteiger partial charge in [-0.25, -0.2) is 9.50 Å². The Morgan fingerprint density at radius 3 is 2.81 bits per heavy atom. The summed E-state index contributed by atoms with van der Waals surface area (Å²) in [5, 5.41) is 18.7. The molecule has 0 amide bonds. The molecule has 0 spiro atoms. The van der Waals surface area contributed by atoms with Crippen molar-refractivity contribution in [3.63, 3.8) is 0 Å². The van der Waals surface area contributed by atoms with Crippen molar-refractivity contribution in [2.75, 3.05) is 7.11 Å². The van der Waals surface area contributed by atoms with Gasteiger partial charge >= 0.3 is 18.9 Å². The Morgan fingerprint density at radius 1 is 1.29 bits per heavy atom. The van der Waals surface area contributed by atoms with Gasteiger partial charge in [0.25, 0.3) is 0 Å². The minimum absolute atomic E-state index is 0. The molecular formula is C13H9LiN4O3. The van der Waals surface area contributed by atoms with Gasteiger partial charge in [-0.2, -0.15) is 0 Å². The summed E-state index contributed by atoms with van der Waals surface area (Å²) in [6.07, 6.45) is 1.62. The number of aromatic nitrogens is 4. The molecule has 7 nitrogen and oxygen atoms in total. The standard InChI is InChI=1S/C13H10N4O3.Li/c1-20-12-9(13(18)19)5-6-10(15-12)11-4-2-3-8-7-14-16-17(8)11;/h2-7H,1H3,(H,18,19);/q;+1/p-1. The third-order valence-corrected chi connectivity index (χ3v) is 2.86. The van der Waals surface area contributed by atoms with Crippen molar-refractivity contribution in [1.82, 2.24) is 19.8 Å². The molecule has 0 radical (unpaired) electrons. The summed E-state index contributed by atoms with van der Waals surface area (Å²) in [6, 6.07) is 8.48. The number of carboxylic acid groups (broad SMARTS) is 1. The van der Waals surface area contributed by atoms with E-state index < -0.39 is 5.97 Å². The maximum atomic E-state index is 10.9. The van der Waals surface area contributed by atoms with Gasteiger partial charge in [0.15, 0.2) is 0 Å². The molecule has 0 aliphatic heterocycles. The van der Waals surface area contributed by atoms with Crippen LogP contribution >= 0.6 is 0 Å². The van der Waals surface area contributed by atoms with E-state index in [1.54, 1.807) is 16.8 Å². The Kier molecular flexibility index (Phi) is 4.26. The number of hydrogen-bond donors (Lipinski definition) is 0. The van der Waals surface area contributed by atoms with Crippen LogP contribution in [0.25, 0.3) is 16.9 Å². The Hall–Kier alpha value is -2.36. The number of aromatic carboxylic acids is 1. The van der Waals surface area contributed by atoms with E-state index in [0.29, 0.717) is 11.4 Å². The van der Waals surface area contributed by atoms with Gasteiger partial charge in [-0.15, -0.1) is 5.10 Å². The summed E-state index contributed by atoms with van der Waals surface area (Å²) in [7, 11) is 1.36. The molecule has 3 aromatic rings. The van der Waals surface area contributed by atoms with Crippen LogP contribution < -0.4 is 28.7 Å². The third-order valence-electron chi connectivity index (χ3n) is 2.86. The van der Waals surface area contributed by atoms with Gasteiger partial charge in [0.05, 0.1) is 41.7 Å². The molecule has 0 atom stereocenters. The van der Waals surface area contributed by atoms with Gasteiger partial charge in [-0.05, 0) is 24.3 Å². The fraction of sp³-hybridized carbons (Fsp3) is 0.0769. The van der Waals surface area contributed by atoms with Crippen molar-refractivity contribution in [2.45, 2.75) is 0 Å². The Balaban J connectivity index is 0.00000161. The summed E-state index contributed by atoms with van der Waals surface area (Å²) in [5.74, 6) is -1.33. The number of ether oxygens (including phenoxy) is 1. The van der Waals surface area contributed by atoms with Gasteiger partial charge in [0, 0.05) is 0 Å². The number of nitrogens with zero attached hydrogens (tertiary/aromatic N) is 4. The van der Waals surface area contributed by atoms with Gasteiger partial charge in [0.1, 0.15) is 0 Å². The Bertz CT molecular complexity index is 803. The first-order valence-electron chi connectivity index (χ1n) is 5.77. The molecule has 21 heavy (non-hydrogen) atoms. The molecule has 0 aliphatic rings. The fourth-order valence-electron chi connectivity index (χ4n) is 1.94. The molecular weight excluding hydrogens is 267 g/mol. The molecule has 0 saturated heterocycles. The molecule has 3 rings (SSSR count). The van der Waals surface area contributed by atoms with Gasteiger partial charge in [0.2, 0.25) is 5.88 Å². The minimum Gasteiger partial charge on any atom is -0.545 e. The topological polar surface area (TPSA) is 92.4 Å². The molecule has 0 aliphatic carbocycles. The first kappa shape index (κ1) is 15.0. The van der Waals surface area contributed by atoms with Crippen LogP contribution in [0, 0.1) is 0 Å². The monoisotopic (exact) mass is 276 g/mol. The second-order valence-corrected chi connectivity index (χ2v) is 4.02. The average Bonchev–Trinajstić information content (AvgIpc) is 2.94. The van der Waals surface area contributed by atoms with Crippen LogP contribution in [0.15, 0.2) is 36.5 Å². The molecule has 100 valence electrons. The maximum Gasteiger partial charge on any atom is 1.00 e. The zero-order chi connectivity index (χ0) is 14.1. The van der Waals surface area contributed by atoms with Crippen LogP contribution in [-0.4, -0.2) is 32.9 Å². The second-order valence-electron chi connectivity index (χ2n) is 4.02. The van der Waals surface area contributed by atoms with Crippen LogP contribution in [0.1, 0.15) is 10.4 Å². The van der Waals surface area contributed by atoms with Gasteiger partial charge in [-0.3, -0.25) is 0 Å². The van der Waals surface area contributed by atoms with Gasteiger partial charge < -0.3 is 14.6 Å². The predicted octanol–water partition coefficient (Wildman–Crippen LogP) is -2.83. The van der Waals surface area contributed by atoms with E-state index in [1.165, 1.54) is 13.2 Å². The number of carbonyl (C=O) groups is 1. The second kappa shape index (κ2) is 5.95. The van der Waals surface area contributed by atoms with Crippen LogP contribution in [0.3, 0.4) is 0 Å². The summed E-state index contributed by atoms with van der Waals surface area (Å²) in [4.78, 5) is 15.1. The minimum atomic E-state index is -1.33. The zero-order valence-electron chi connectivity index (χ0n) is 11.5. The number of carbonyl (C=O) groups excluding carboxylic acids is 1. The average molecular weight is 276 g/mol. The first-order chi connectivity index (χ1) is 9.70. The smallest absolute Gasteiger partial charge is 0.545 e. The SMILES string of the molecule is COc1nc(-c2cccc3cnnn23)ccc1C(=O)[O-].[Li+]. The summed E-state index contributed by atoms with van der Waals surface area (Å²) in [6.45, 7) is 0. The van der Waals surface area contributed by atoms with Crippen LogP contribution in [-0.2, 0) is 0 Å². The van der Waals surface area contributed by atoms with Crippen molar-refractivity contribution in [1.29, 1.82) is 0 Å². The van der Waals surface area contributed by atoms with Crippen molar-refractivity contribution in [3.05, 3.63) is 42.1 Å². The van der Waals surface area contributed by atoms with Crippen molar-refractivity contribution >= 4 is 11.5 Å². The summed E-state index contributed by atoms with van der Waals surface area (Å²) < 4.78 is 6.60. The quantitative estimate of drug-likeness (QED) is 0.479. The molecule has 0 bridgehead atoms. The van der Waals surface area contributed by atoms with E-state index in [4.69, 9.17) is 4.74 Å². The number of fused-ring (bicyclic) bond motifs is 1. The van der Waals surface area contributed by atoms with E-state index in [1.807, 2.05) is 18.2 Å². The number of methoxy groups -OCH3 is 1. The fourth-order valence-corrected chi connectivity index (χ4v) is 1.94. The number of pyridine rings is 2. The molecule has 0 unspecified atom stereocenters. The van der Waals surface area contributed by atoms with Crippen molar-refractivity contribution < 1.29 is 33.5 Å². The predicted molar refractivity (Wildman–Crippen MR) is 67.1 cm³/mol. The normalized spacial score (nSPS) is 10.1. The molecule has 0 saturated carbocycles. The largest absolute Gasteiger partial charge is 1.00 e. The Labute approximate surface area is 131 Å². The Morgan fingerprint density at radius 2 is 2.10 bits per heavy atom. The molecule has 8 heteroatoms. The molecule has 3 heterocycles. The van der Waals surface area contributed by atoms with Crippen molar-refractivity contribution in [2.24, 2.45) is 0 Å². The number of hydrogen-bond acceptors (Lipinski definition) is 6. The van der Waals surface area contributed by atoms with Crippen molar-refractivity contribution in [3.8, 4) is 17.3 Å². The molecule has 0 N–H and O–H groups in total. The number of carboxylic acids is 1. The van der Waals surface area contributed by atoms with E-state index >= 15 is 0 Å². The van der Waals surface area contributed by atoms with Crippen LogP contribution in [0.2, 0.25) is 0 Å². The number of rotatable bonds is 3. The summed E-state index contributed by atoms with van der Waals surface area (Å²) >= 11 is 0. The zero-order valence-corrected chi connectivity index (χ0v) is 11.5.